The van der Waals surface area contributed by atoms with Gasteiger partial charge in [0.1, 0.15) is 11.5 Å². The summed E-state index contributed by atoms with van der Waals surface area (Å²) in [6.07, 6.45) is -1.25. The lowest BCUT2D eigenvalue weighted by molar-refractivity contribution is -0.141. The van der Waals surface area contributed by atoms with E-state index in [1.54, 1.807) is 0 Å². The van der Waals surface area contributed by atoms with Gasteiger partial charge in [-0.05, 0) is 19.3 Å². The monoisotopic (exact) mass is 205 g/mol. The lowest BCUT2D eigenvalue weighted by atomic mass is 9.77. The molecule has 14 heavy (non-hydrogen) atoms. The van der Waals surface area contributed by atoms with Crippen molar-refractivity contribution >= 4 is 0 Å². The first-order valence-electron chi connectivity index (χ1n) is 4.33. The van der Waals surface area contributed by atoms with Crippen LogP contribution in [-0.2, 0) is 11.7 Å². The Bertz CT molecular complexity index is 338. The average molecular weight is 205 g/mol. The standard InChI is InChI=1S/C8H10F3N3/c9-8(10,11)5-4-13-6(14-5)7(12)2-1-3-7/h4H,1-3,12H2,(H,13,14). The van der Waals surface area contributed by atoms with E-state index >= 15 is 0 Å². The molecule has 6 heteroatoms. The minimum atomic E-state index is -4.37. The summed E-state index contributed by atoms with van der Waals surface area (Å²) in [5.74, 6) is 0.246. The molecule has 1 aliphatic rings. The highest BCUT2D eigenvalue weighted by Crippen LogP contribution is 2.38. The Kier molecular flexibility index (Phi) is 1.85. The van der Waals surface area contributed by atoms with Gasteiger partial charge < -0.3 is 10.7 Å². The van der Waals surface area contributed by atoms with Crippen molar-refractivity contribution in [3.63, 3.8) is 0 Å². The van der Waals surface area contributed by atoms with Gasteiger partial charge in [-0.1, -0.05) is 0 Å². The molecule has 2 rings (SSSR count). The molecule has 1 aromatic heterocycles. The minimum absolute atomic E-state index is 0.246. The maximum atomic E-state index is 12.2. The Hall–Kier alpha value is -1.04. The molecule has 1 aromatic rings. The molecule has 78 valence electrons. The number of H-pyrrole nitrogens is 1. The largest absolute Gasteiger partial charge is 0.432 e. The van der Waals surface area contributed by atoms with E-state index in [1.807, 2.05) is 0 Å². The Balaban J connectivity index is 2.26. The summed E-state index contributed by atoms with van der Waals surface area (Å²) in [7, 11) is 0. The molecule has 0 unspecified atom stereocenters. The fourth-order valence-corrected chi connectivity index (χ4v) is 1.51. The Labute approximate surface area is 78.5 Å². The van der Waals surface area contributed by atoms with Crippen LogP contribution in [0.15, 0.2) is 6.20 Å². The molecule has 0 amide bonds. The van der Waals surface area contributed by atoms with Gasteiger partial charge in [-0.15, -0.1) is 0 Å². The summed E-state index contributed by atoms with van der Waals surface area (Å²) in [5.41, 5.74) is 4.33. The van der Waals surface area contributed by atoms with E-state index in [-0.39, 0.29) is 5.82 Å². The highest BCUT2D eigenvalue weighted by atomic mass is 19.4. The number of nitrogens with two attached hydrogens (primary N) is 1. The van der Waals surface area contributed by atoms with E-state index in [4.69, 9.17) is 5.73 Å². The van der Waals surface area contributed by atoms with E-state index < -0.39 is 17.4 Å². The smallest absolute Gasteiger partial charge is 0.337 e. The van der Waals surface area contributed by atoms with Crippen LogP contribution in [0.25, 0.3) is 0 Å². The van der Waals surface area contributed by atoms with Crippen molar-refractivity contribution in [2.45, 2.75) is 31.0 Å². The van der Waals surface area contributed by atoms with Crippen molar-refractivity contribution in [2.24, 2.45) is 5.73 Å². The predicted molar refractivity (Wildman–Crippen MR) is 43.3 cm³/mol. The van der Waals surface area contributed by atoms with Gasteiger partial charge in [0.25, 0.3) is 0 Å². The molecule has 3 nitrogen and oxygen atoms in total. The maximum Gasteiger partial charge on any atom is 0.432 e. The van der Waals surface area contributed by atoms with Crippen LogP contribution >= 0.6 is 0 Å². The molecule has 0 bridgehead atoms. The van der Waals surface area contributed by atoms with Gasteiger partial charge in [0.05, 0.1) is 11.7 Å². The zero-order chi connectivity index (χ0) is 10.4. The van der Waals surface area contributed by atoms with Crippen LogP contribution < -0.4 is 5.73 Å². The SMILES string of the molecule is NC1(c2ncc(C(F)(F)F)[nH]2)CCC1. The topological polar surface area (TPSA) is 54.7 Å². The predicted octanol–water partition coefficient (Wildman–Crippen LogP) is 1.77. The minimum Gasteiger partial charge on any atom is -0.337 e. The van der Waals surface area contributed by atoms with E-state index in [0.29, 0.717) is 12.8 Å². The molecule has 0 aliphatic heterocycles. The number of aromatic amines is 1. The number of imidazole rings is 1. The van der Waals surface area contributed by atoms with Crippen LogP contribution in [0.1, 0.15) is 30.8 Å². The Morgan fingerprint density at radius 3 is 2.43 bits per heavy atom. The molecule has 0 saturated heterocycles. The summed E-state index contributed by atoms with van der Waals surface area (Å²) in [6, 6.07) is 0. The molecule has 1 saturated carbocycles. The van der Waals surface area contributed by atoms with Gasteiger partial charge in [-0.25, -0.2) is 4.98 Å². The normalized spacial score (nSPS) is 20.6. The van der Waals surface area contributed by atoms with E-state index in [0.717, 1.165) is 12.6 Å². The molecule has 0 aromatic carbocycles. The second kappa shape index (κ2) is 2.73. The first kappa shape index (κ1) is 9.51. The summed E-state index contributed by atoms with van der Waals surface area (Å²) in [4.78, 5) is 5.91. The third kappa shape index (κ3) is 1.39. The third-order valence-corrected chi connectivity index (χ3v) is 2.60. The number of hydrogen-bond donors (Lipinski definition) is 2. The summed E-state index contributed by atoms with van der Waals surface area (Å²) in [5, 5.41) is 0. The molecule has 0 spiro atoms. The highest BCUT2D eigenvalue weighted by molar-refractivity contribution is 5.15. The molecular weight excluding hydrogens is 195 g/mol. The number of nitrogens with zero attached hydrogens (tertiary/aromatic N) is 1. The number of alkyl halides is 3. The zero-order valence-corrected chi connectivity index (χ0v) is 7.36. The Morgan fingerprint density at radius 2 is 2.07 bits per heavy atom. The van der Waals surface area contributed by atoms with Crippen molar-refractivity contribution in [1.29, 1.82) is 0 Å². The molecule has 1 aliphatic carbocycles. The van der Waals surface area contributed by atoms with Gasteiger partial charge >= 0.3 is 6.18 Å². The number of nitrogens with one attached hydrogen (secondary N) is 1. The van der Waals surface area contributed by atoms with Gasteiger partial charge in [-0.2, -0.15) is 13.2 Å². The van der Waals surface area contributed by atoms with Gasteiger partial charge in [0, 0.05) is 0 Å². The second-order valence-electron chi connectivity index (χ2n) is 3.65. The molecule has 1 fully saturated rings. The molecule has 0 radical (unpaired) electrons. The Morgan fingerprint density at radius 1 is 1.43 bits per heavy atom. The molecule has 0 atom stereocenters. The van der Waals surface area contributed by atoms with Crippen molar-refractivity contribution in [3.8, 4) is 0 Å². The lowest BCUT2D eigenvalue weighted by Gasteiger charge is -2.35. The fraction of sp³-hybridized carbons (Fsp3) is 0.625. The molecule has 3 N–H and O–H groups in total. The van der Waals surface area contributed by atoms with Crippen LogP contribution in [0.2, 0.25) is 0 Å². The van der Waals surface area contributed by atoms with Crippen molar-refractivity contribution in [3.05, 3.63) is 17.7 Å². The van der Waals surface area contributed by atoms with Crippen molar-refractivity contribution in [1.82, 2.24) is 9.97 Å². The summed E-state index contributed by atoms with van der Waals surface area (Å²) in [6.45, 7) is 0. The highest BCUT2D eigenvalue weighted by Gasteiger charge is 2.40. The van der Waals surface area contributed by atoms with Crippen LogP contribution in [0, 0.1) is 0 Å². The first-order chi connectivity index (χ1) is 6.42. The summed E-state index contributed by atoms with van der Waals surface area (Å²) >= 11 is 0. The van der Waals surface area contributed by atoms with Crippen LogP contribution in [-0.4, -0.2) is 9.97 Å². The number of aromatic nitrogens is 2. The van der Waals surface area contributed by atoms with Gasteiger partial charge in [-0.3, -0.25) is 0 Å². The van der Waals surface area contributed by atoms with Crippen LogP contribution in [0.3, 0.4) is 0 Å². The first-order valence-corrected chi connectivity index (χ1v) is 4.33. The van der Waals surface area contributed by atoms with E-state index in [1.165, 1.54) is 0 Å². The number of halogens is 3. The van der Waals surface area contributed by atoms with E-state index in [9.17, 15) is 13.2 Å². The van der Waals surface area contributed by atoms with E-state index in [2.05, 4.69) is 9.97 Å². The van der Waals surface area contributed by atoms with Crippen LogP contribution in [0.5, 0.6) is 0 Å². The average Bonchev–Trinajstić information content (AvgIpc) is 2.46. The zero-order valence-electron chi connectivity index (χ0n) is 7.36. The molecule has 1 heterocycles. The van der Waals surface area contributed by atoms with Gasteiger partial charge in [0.2, 0.25) is 0 Å². The summed E-state index contributed by atoms with van der Waals surface area (Å²) < 4.78 is 36.6. The maximum absolute atomic E-state index is 12.2. The van der Waals surface area contributed by atoms with Crippen molar-refractivity contribution in [2.75, 3.05) is 0 Å². The second-order valence-corrected chi connectivity index (χ2v) is 3.65. The van der Waals surface area contributed by atoms with Crippen LogP contribution in [0.4, 0.5) is 13.2 Å². The fourth-order valence-electron chi connectivity index (χ4n) is 1.51. The quantitative estimate of drug-likeness (QED) is 0.734. The van der Waals surface area contributed by atoms with Gasteiger partial charge in [0.15, 0.2) is 0 Å². The lowest BCUT2D eigenvalue weighted by Crippen LogP contribution is -2.44. The molecular formula is C8H10F3N3. The number of rotatable bonds is 1. The number of hydrogen-bond acceptors (Lipinski definition) is 2. The third-order valence-electron chi connectivity index (χ3n) is 2.60. The van der Waals surface area contributed by atoms with Crippen molar-refractivity contribution < 1.29 is 13.2 Å².